The van der Waals surface area contributed by atoms with Gasteiger partial charge >= 0.3 is 0 Å². The topological polar surface area (TPSA) is 82.3 Å². The average Bonchev–Trinajstić information content (AvgIpc) is 2.39. The van der Waals surface area contributed by atoms with E-state index in [4.69, 9.17) is 34.8 Å². The number of carbonyl (C=O) groups is 2. The molecule has 0 radical (unpaired) electrons. The maximum absolute atomic E-state index is 11.7. The Labute approximate surface area is 123 Å². The molecule has 9 heteroatoms. The third-order valence-electron chi connectivity index (χ3n) is 3.32. The van der Waals surface area contributed by atoms with E-state index < -0.39 is 18.1 Å². The van der Waals surface area contributed by atoms with Crippen LogP contribution in [0, 0.1) is 0 Å². The molecule has 0 aromatic heterocycles. The van der Waals surface area contributed by atoms with Gasteiger partial charge < -0.3 is 0 Å². The molecule has 102 valence electrons. The van der Waals surface area contributed by atoms with Crippen molar-refractivity contribution in [3.8, 4) is 0 Å². The molecule has 4 unspecified atom stereocenters. The monoisotopic (exact) mass is 322 g/mol. The fourth-order valence-corrected chi connectivity index (χ4v) is 3.15. The maximum Gasteiger partial charge on any atom is 0.257 e. The summed E-state index contributed by atoms with van der Waals surface area (Å²) in [5.74, 6) is -0.659. The van der Waals surface area contributed by atoms with Crippen LogP contribution >= 0.6 is 34.8 Å². The van der Waals surface area contributed by atoms with Crippen LogP contribution in [0.5, 0.6) is 0 Å². The summed E-state index contributed by atoms with van der Waals surface area (Å²) in [6.45, 7) is 0. The number of nitrogens with one attached hydrogen (secondary N) is 4. The van der Waals surface area contributed by atoms with Crippen LogP contribution in [-0.4, -0.2) is 36.0 Å². The Balaban J connectivity index is 1.93. The summed E-state index contributed by atoms with van der Waals surface area (Å²) in [5, 5.41) is 6.96. The van der Waals surface area contributed by atoms with Gasteiger partial charge in [0.2, 0.25) is 0 Å². The second kappa shape index (κ2) is 4.64. The number of fused-ring (bicyclic) bond motifs is 2. The van der Waals surface area contributed by atoms with Crippen LogP contribution in [0.25, 0.3) is 0 Å². The second-order valence-electron chi connectivity index (χ2n) is 4.45. The van der Waals surface area contributed by atoms with Crippen LogP contribution in [0.4, 0.5) is 0 Å². The molecule has 4 N–H and O–H groups in total. The maximum atomic E-state index is 11.7. The third-order valence-corrected chi connectivity index (χ3v) is 4.66. The van der Waals surface area contributed by atoms with Crippen molar-refractivity contribution in [1.29, 1.82) is 0 Å². The molecular weight excluding hydrogens is 314 g/mol. The predicted molar refractivity (Wildman–Crippen MR) is 70.4 cm³/mol. The van der Waals surface area contributed by atoms with E-state index in [1.165, 1.54) is 0 Å². The lowest BCUT2D eigenvalue weighted by Crippen LogP contribution is -2.77. The molecular formula is C10H9Cl3N4O2. The molecule has 2 saturated heterocycles. The van der Waals surface area contributed by atoms with Gasteiger partial charge in [0.15, 0.2) is 0 Å². The Bertz CT molecular complexity index is 533. The van der Waals surface area contributed by atoms with E-state index in [9.17, 15) is 9.59 Å². The van der Waals surface area contributed by atoms with E-state index in [1.807, 2.05) is 0 Å². The first kappa shape index (κ1) is 13.2. The molecule has 0 saturated carbocycles. The zero-order valence-electron chi connectivity index (χ0n) is 9.34. The SMILES string of the molecule is O=C1NNC(=O)C2NC3C(Cl)=C(Cl)C(Cl)=CC3NC12. The van der Waals surface area contributed by atoms with Crippen molar-refractivity contribution in [2.45, 2.75) is 24.2 Å². The lowest BCUT2D eigenvalue weighted by molar-refractivity contribution is -0.139. The highest BCUT2D eigenvalue weighted by Gasteiger charge is 2.47. The smallest absolute Gasteiger partial charge is 0.257 e. The number of allylic oxidation sites excluding steroid dienone is 2. The van der Waals surface area contributed by atoms with Crippen molar-refractivity contribution in [2.24, 2.45) is 0 Å². The van der Waals surface area contributed by atoms with Gasteiger partial charge in [-0.1, -0.05) is 34.8 Å². The van der Waals surface area contributed by atoms with Gasteiger partial charge in [-0.05, 0) is 6.08 Å². The van der Waals surface area contributed by atoms with Gasteiger partial charge in [-0.2, -0.15) is 0 Å². The molecule has 2 amide bonds. The number of halogens is 3. The summed E-state index contributed by atoms with van der Waals surface area (Å²) in [5.41, 5.74) is 4.58. The number of hydrogen-bond acceptors (Lipinski definition) is 4. The van der Waals surface area contributed by atoms with Gasteiger partial charge in [0.25, 0.3) is 11.8 Å². The Morgan fingerprint density at radius 3 is 2.11 bits per heavy atom. The largest absolute Gasteiger partial charge is 0.296 e. The van der Waals surface area contributed by atoms with Crippen LogP contribution < -0.4 is 21.5 Å². The summed E-state index contributed by atoms with van der Waals surface area (Å²) >= 11 is 18.1. The summed E-state index contributed by atoms with van der Waals surface area (Å²) in [4.78, 5) is 23.5. The lowest BCUT2D eigenvalue weighted by atomic mass is 9.92. The summed E-state index contributed by atoms with van der Waals surface area (Å²) in [6.07, 6.45) is 1.67. The van der Waals surface area contributed by atoms with E-state index in [0.717, 1.165) is 0 Å². The highest BCUT2D eigenvalue weighted by Crippen LogP contribution is 2.35. The van der Waals surface area contributed by atoms with Crippen molar-refractivity contribution in [3.63, 3.8) is 0 Å². The van der Waals surface area contributed by atoms with Crippen LogP contribution in [0.2, 0.25) is 0 Å². The van der Waals surface area contributed by atoms with Gasteiger partial charge in [-0.25, -0.2) is 0 Å². The normalized spacial score (nSPS) is 37.9. The number of amides is 2. The standard InChI is InChI=1S/C10H9Cl3N4O2/c11-2-1-3-6(5(13)4(2)12)15-8-7(14-3)9(18)16-17-10(8)19/h1,3,6-8,14-15H,(H,16,18)(H,17,19). The Hall–Kier alpha value is -0.790. The van der Waals surface area contributed by atoms with Crippen molar-refractivity contribution >= 4 is 46.6 Å². The van der Waals surface area contributed by atoms with Gasteiger partial charge in [0, 0.05) is 6.04 Å². The van der Waals surface area contributed by atoms with Gasteiger partial charge in [0.05, 0.1) is 21.1 Å². The molecule has 2 fully saturated rings. The molecule has 0 bridgehead atoms. The lowest BCUT2D eigenvalue weighted by Gasteiger charge is -2.44. The molecule has 0 aromatic carbocycles. The molecule has 0 aromatic rings. The highest BCUT2D eigenvalue weighted by molar-refractivity contribution is 6.48. The number of carbonyl (C=O) groups excluding carboxylic acids is 2. The Morgan fingerprint density at radius 1 is 0.895 bits per heavy atom. The van der Waals surface area contributed by atoms with E-state index >= 15 is 0 Å². The first-order valence-electron chi connectivity index (χ1n) is 5.53. The van der Waals surface area contributed by atoms with Crippen molar-refractivity contribution in [1.82, 2.24) is 21.5 Å². The summed E-state index contributed by atoms with van der Waals surface area (Å²) in [6, 6.07) is -2.09. The molecule has 3 rings (SSSR count). The predicted octanol–water partition coefficient (Wildman–Crippen LogP) is -0.360. The van der Waals surface area contributed by atoms with Gasteiger partial charge in [-0.3, -0.25) is 31.1 Å². The Kier molecular flexibility index (Phi) is 3.23. The molecule has 0 spiro atoms. The highest BCUT2D eigenvalue weighted by atomic mass is 35.5. The molecule has 6 nitrogen and oxygen atoms in total. The minimum absolute atomic E-state index is 0.248. The average molecular weight is 324 g/mol. The van der Waals surface area contributed by atoms with E-state index in [-0.39, 0.29) is 22.9 Å². The zero-order valence-corrected chi connectivity index (χ0v) is 11.6. The fraction of sp³-hybridized carbons (Fsp3) is 0.400. The van der Waals surface area contributed by atoms with Crippen LogP contribution in [0.15, 0.2) is 21.2 Å². The molecule has 19 heavy (non-hydrogen) atoms. The second-order valence-corrected chi connectivity index (χ2v) is 5.64. The van der Waals surface area contributed by atoms with Crippen molar-refractivity contribution in [3.05, 3.63) is 21.2 Å². The van der Waals surface area contributed by atoms with Crippen molar-refractivity contribution < 1.29 is 9.59 Å². The fourth-order valence-electron chi connectivity index (χ4n) is 2.38. The number of piperazine rings is 1. The van der Waals surface area contributed by atoms with E-state index in [0.29, 0.717) is 10.1 Å². The first-order chi connectivity index (χ1) is 8.99. The molecule has 2 aliphatic heterocycles. The number of hydrazine groups is 1. The minimum Gasteiger partial charge on any atom is -0.296 e. The van der Waals surface area contributed by atoms with E-state index in [2.05, 4.69) is 21.5 Å². The third kappa shape index (κ3) is 2.04. The quantitative estimate of drug-likeness (QED) is 0.491. The first-order valence-corrected chi connectivity index (χ1v) is 6.67. The number of hydrogen-bond donors (Lipinski definition) is 4. The summed E-state index contributed by atoms with van der Waals surface area (Å²) in [7, 11) is 0. The molecule has 2 heterocycles. The molecule has 4 atom stereocenters. The Morgan fingerprint density at radius 2 is 1.47 bits per heavy atom. The summed E-state index contributed by atoms with van der Waals surface area (Å²) < 4.78 is 0. The van der Waals surface area contributed by atoms with Gasteiger partial charge in [-0.15, -0.1) is 0 Å². The minimum atomic E-state index is -0.710. The molecule has 3 aliphatic rings. The molecule has 1 aliphatic carbocycles. The van der Waals surface area contributed by atoms with Crippen molar-refractivity contribution in [2.75, 3.05) is 0 Å². The zero-order chi connectivity index (χ0) is 13.7. The van der Waals surface area contributed by atoms with E-state index in [1.54, 1.807) is 6.08 Å². The number of rotatable bonds is 0. The van der Waals surface area contributed by atoms with Crippen LogP contribution in [-0.2, 0) is 9.59 Å². The van der Waals surface area contributed by atoms with Gasteiger partial charge in [0.1, 0.15) is 12.1 Å². The van der Waals surface area contributed by atoms with Crippen LogP contribution in [0.1, 0.15) is 0 Å². The van der Waals surface area contributed by atoms with Crippen LogP contribution in [0.3, 0.4) is 0 Å².